The van der Waals surface area contributed by atoms with Crippen molar-refractivity contribution in [3.8, 4) is 11.1 Å². The van der Waals surface area contributed by atoms with E-state index in [4.69, 9.17) is 9.68 Å². The fraction of sp³-hybridized carbons (Fsp3) is 0.192. The van der Waals surface area contributed by atoms with Gasteiger partial charge in [0, 0.05) is 18.2 Å². The first-order valence-corrected chi connectivity index (χ1v) is 10.3. The summed E-state index contributed by atoms with van der Waals surface area (Å²) in [6, 6.07) is 24.0. The van der Waals surface area contributed by atoms with Crippen LogP contribution in [0.3, 0.4) is 0 Å². The van der Waals surface area contributed by atoms with E-state index in [0.29, 0.717) is 5.56 Å². The average Bonchev–Trinajstić information content (AvgIpc) is 2.83. The van der Waals surface area contributed by atoms with E-state index in [1.807, 2.05) is 62.4 Å². The Morgan fingerprint density at radius 1 is 0.906 bits per heavy atom. The number of amides is 1. The maximum atomic E-state index is 12.3. The number of aryl methyl sites for hydroxylation is 1. The second-order valence-electron chi connectivity index (χ2n) is 7.20. The second kappa shape index (κ2) is 10.9. The summed E-state index contributed by atoms with van der Waals surface area (Å²) in [7, 11) is 2.96. The predicted octanol–water partition coefficient (Wildman–Crippen LogP) is 4.70. The first-order valence-electron chi connectivity index (χ1n) is 10.3. The topological polar surface area (TPSA) is 72.3 Å². The van der Waals surface area contributed by atoms with Crippen molar-refractivity contribution in [3.05, 3.63) is 95.1 Å². The SMILES string of the molecule is CNC(=O)/C(=N/OC)c1cccc(C)c1CO/N=C(\C)c1ccc(-c2ccccc2)cc1. The van der Waals surface area contributed by atoms with Crippen LogP contribution < -0.4 is 5.32 Å². The van der Waals surface area contributed by atoms with Crippen molar-refractivity contribution in [1.82, 2.24) is 5.32 Å². The fourth-order valence-corrected chi connectivity index (χ4v) is 3.32. The molecule has 0 aliphatic rings. The zero-order valence-electron chi connectivity index (χ0n) is 18.8. The summed E-state index contributed by atoms with van der Waals surface area (Å²) in [6.07, 6.45) is 0. The lowest BCUT2D eigenvalue weighted by Crippen LogP contribution is -2.29. The highest BCUT2D eigenvalue weighted by Crippen LogP contribution is 2.20. The molecule has 0 aromatic heterocycles. The minimum atomic E-state index is -0.336. The molecule has 164 valence electrons. The third-order valence-corrected chi connectivity index (χ3v) is 5.11. The largest absolute Gasteiger partial charge is 0.398 e. The molecule has 0 atom stereocenters. The van der Waals surface area contributed by atoms with Gasteiger partial charge in [0.1, 0.15) is 13.7 Å². The Morgan fingerprint density at radius 2 is 1.59 bits per heavy atom. The van der Waals surface area contributed by atoms with Crippen LogP contribution in [0.4, 0.5) is 0 Å². The number of oxime groups is 2. The molecule has 6 heteroatoms. The number of carbonyl (C=O) groups excluding carboxylic acids is 1. The van der Waals surface area contributed by atoms with Crippen LogP contribution in [0, 0.1) is 6.92 Å². The van der Waals surface area contributed by atoms with Crippen molar-refractivity contribution in [3.63, 3.8) is 0 Å². The molecule has 32 heavy (non-hydrogen) atoms. The van der Waals surface area contributed by atoms with E-state index in [1.165, 1.54) is 12.7 Å². The zero-order valence-corrected chi connectivity index (χ0v) is 18.8. The molecule has 6 nitrogen and oxygen atoms in total. The molecule has 3 aromatic rings. The molecule has 0 spiro atoms. The normalized spacial score (nSPS) is 11.8. The van der Waals surface area contributed by atoms with E-state index in [9.17, 15) is 4.79 Å². The van der Waals surface area contributed by atoms with Gasteiger partial charge in [-0.05, 0) is 36.1 Å². The number of hydrogen-bond acceptors (Lipinski definition) is 5. The minimum Gasteiger partial charge on any atom is -0.398 e. The average molecular weight is 430 g/mol. The van der Waals surface area contributed by atoms with Crippen LogP contribution in [0.1, 0.15) is 29.2 Å². The van der Waals surface area contributed by atoms with Crippen molar-refractivity contribution in [1.29, 1.82) is 0 Å². The Hall–Kier alpha value is -3.93. The lowest BCUT2D eigenvalue weighted by molar-refractivity contribution is -0.114. The molecule has 0 aliphatic heterocycles. The summed E-state index contributed by atoms with van der Waals surface area (Å²) in [4.78, 5) is 22.8. The van der Waals surface area contributed by atoms with Gasteiger partial charge >= 0.3 is 0 Å². The Bertz CT molecular complexity index is 1120. The van der Waals surface area contributed by atoms with E-state index in [2.05, 4.69) is 39.9 Å². The monoisotopic (exact) mass is 429 g/mol. The number of carbonyl (C=O) groups is 1. The summed E-state index contributed by atoms with van der Waals surface area (Å²) in [6.45, 7) is 4.05. The quantitative estimate of drug-likeness (QED) is 0.417. The summed E-state index contributed by atoms with van der Waals surface area (Å²) in [5, 5.41) is 10.8. The van der Waals surface area contributed by atoms with Crippen molar-refractivity contribution in [2.24, 2.45) is 10.3 Å². The molecule has 0 saturated heterocycles. The number of likely N-dealkylation sites (N-methyl/N-ethyl adjacent to an activating group) is 1. The highest BCUT2D eigenvalue weighted by atomic mass is 16.6. The van der Waals surface area contributed by atoms with Crippen molar-refractivity contribution in [2.75, 3.05) is 14.2 Å². The molecule has 1 N–H and O–H groups in total. The lowest BCUT2D eigenvalue weighted by Gasteiger charge is -2.13. The number of hydrogen-bond donors (Lipinski definition) is 1. The van der Waals surface area contributed by atoms with Gasteiger partial charge in [-0.15, -0.1) is 0 Å². The third kappa shape index (κ3) is 5.40. The van der Waals surface area contributed by atoms with Crippen LogP contribution in [-0.4, -0.2) is 31.5 Å². The van der Waals surface area contributed by atoms with Crippen LogP contribution in [0.2, 0.25) is 0 Å². The maximum absolute atomic E-state index is 12.3. The Balaban J connectivity index is 1.77. The molecule has 0 aliphatic carbocycles. The third-order valence-electron chi connectivity index (χ3n) is 5.11. The molecule has 0 unspecified atom stereocenters. The van der Waals surface area contributed by atoms with Gasteiger partial charge in [-0.25, -0.2) is 0 Å². The molecule has 0 heterocycles. The lowest BCUT2D eigenvalue weighted by atomic mass is 9.98. The van der Waals surface area contributed by atoms with Crippen LogP contribution in [0.15, 0.2) is 83.1 Å². The summed E-state index contributed by atoms with van der Waals surface area (Å²) in [5.41, 5.74) is 6.67. The Morgan fingerprint density at radius 3 is 2.25 bits per heavy atom. The highest BCUT2D eigenvalue weighted by Gasteiger charge is 2.19. The van der Waals surface area contributed by atoms with Gasteiger partial charge in [0.15, 0.2) is 5.71 Å². The number of benzene rings is 3. The van der Waals surface area contributed by atoms with Gasteiger partial charge in [-0.1, -0.05) is 83.1 Å². The van der Waals surface area contributed by atoms with Crippen LogP contribution in [0.5, 0.6) is 0 Å². The van der Waals surface area contributed by atoms with E-state index in [1.54, 1.807) is 7.05 Å². The number of rotatable bonds is 8. The van der Waals surface area contributed by atoms with Crippen molar-refractivity contribution < 1.29 is 14.5 Å². The molecular weight excluding hydrogens is 402 g/mol. The molecule has 3 rings (SSSR count). The first kappa shape index (κ1) is 22.7. The minimum absolute atomic E-state index is 0.189. The van der Waals surface area contributed by atoms with Crippen molar-refractivity contribution in [2.45, 2.75) is 20.5 Å². The summed E-state index contributed by atoms with van der Waals surface area (Å²) < 4.78 is 0. The molecular formula is C26H27N3O3. The molecule has 0 bridgehead atoms. The molecule has 1 amide bonds. The van der Waals surface area contributed by atoms with Gasteiger partial charge < -0.3 is 15.0 Å². The van der Waals surface area contributed by atoms with E-state index >= 15 is 0 Å². The van der Waals surface area contributed by atoms with Crippen molar-refractivity contribution >= 4 is 17.3 Å². The van der Waals surface area contributed by atoms with Crippen LogP contribution in [0.25, 0.3) is 11.1 Å². The number of nitrogens with zero attached hydrogens (tertiary/aromatic N) is 2. The predicted molar refractivity (Wildman–Crippen MR) is 128 cm³/mol. The Labute approximate surface area is 188 Å². The first-order chi connectivity index (χ1) is 15.5. The second-order valence-corrected chi connectivity index (χ2v) is 7.20. The highest BCUT2D eigenvalue weighted by molar-refractivity contribution is 6.45. The maximum Gasteiger partial charge on any atom is 0.273 e. The van der Waals surface area contributed by atoms with Crippen LogP contribution in [-0.2, 0) is 21.1 Å². The smallest absolute Gasteiger partial charge is 0.273 e. The fourth-order valence-electron chi connectivity index (χ4n) is 3.32. The molecule has 0 fully saturated rings. The molecule has 0 radical (unpaired) electrons. The summed E-state index contributed by atoms with van der Waals surface area (Å²) >= 11 is 0. The van der Waals surface area contributed by atoms with E-state index < -0.39 is 0 Å². The molecule has 3 aromatic carbocycles. The summed E-state index contributed by atoms with van der Waals surface area (Å²) in [5.74, 6) is -0.336. The van der Waals surface area contributed by atoms with E-state index in [-0.39, 0.29) is 18.2 Å². The zero-order chi connectivity index (χ0) is 22.9. The Kier molecular flexibility index (Phi) is 7.75. The standard InChI is InChI=1S/C26H27N3O3/c1-18-9-8-12-23(25(29-31-4)26(30)27-3)24(18)17-32-28-19(2)20-13-15-22(16-14-20)21-10-6-5-7-11-21/h5-16H,17H2,1-4H3,(H,27,30)/b28-19+,29-25+. The van der Waals surface area contributed by atoms with E-state index in [0.717, 1.165) is 28.0 Å². The number of nitrogens with one attached hydrogen (secondary N) is 1. The van der Waals surface area contributed by atoms with Crippen LogP contribution >= 0.6 is 0 Å². The van der Waals surface area contributed by atoms with Gasteiger partial charge in [-0.2, -0.15) is 0 Å². The molecule has 0 saturated carbocycles. The van der Waals surface area contributed by atoms with Gasteiger partial charge in [-0.3, -0.25) is 4.79 Å². The van der Waals surface area contributed by atoms with Gasteiger partial charge in [0.2, 0.25) is 0 Å². The van der Waals surface area contributed by atoms with Gasteiger partial charge in [0.25, 0.3) is 5.91 Å². The van der Waals surface area contributed by atoms with Gasteiger partial charge in [0.05, 0.1) is 5.71 Å².